The van der Waals surface area contributed by atoms with Crippen LogP contribution in [-0.2, 0) is 14.4 Å². The van der Waals surface area contributed by atoms with Crippen LogP contribution in [0.15, 0.2) is 0 Å². The van der Waals surface area contributed by atoms with E-state index in [9.17, 15) is 4.79 Å². The molecule has 2 unspecified atom stereocenters. The Kier molecular flexibility index (Phi) is 3.74. The number of hydrogen-bond donors (Lipinski definition) is 1. The molecule has 1 amide bonds. The third-order valence-electron chi connectivity index (χ3n) is 1.85. The Morgan fingerprint density at radius 3 is 3.08 bits per heavy atom. The number of carbonyl (C=O) groups is 1. The third-order valence-corrected chi connectivity index (χ3v) is 1.85. The van der Waals surface area contributed by atoms with Crippen molar-refractivity contribution in [3.8, 4) is 12.3 Å². The zero-order valence-corrected chi connectivity index (χ0v) is 7.58. The summed E-state index contributed by atoms with van der Waals surface area (Å²) in [6.45, 7) is 2.02. The van der Waals surface area contributed by atoms with Crippen LogP contribution in [0.5, 0.6) is 0 Å². The summed E-state index contributed by atoms with van der Waals surface area (Å²) in [6.07, 6.45) is 6.36. The zero-order valence-electron chi connectivity index (χ0n) is 7.58. The molecule has 1 heterocycles. The summed E-state index contributed by atoms with van der Waals surface area (Å²) in [5.74, 6) is 1.99. The fourth-order valence-corrected chi connectivity index (χ4v) is 1.21. The molecular weight excluding hydrogens is 170 g/mol. The summed E-state index contributed by atoms with van der Waals surface area (Å²) < 4.78 is 5.31. The van der Waals surface area contributed by atoms with E-state index in [0.717, 1.165) is 12.8 Å². The second-order valence-corrected chi connectivity index (χ2v) is 2.97. The maximum Gasteiger partial charge on any atom is 0.272 e. The van der Waals surface area contributed by atoms with Gasteiger partial charge in [0.05, 0.1) is 6.10 Å². The fourth-order valence-electron chi connectivity index (χ4n) is 1.21. The van der Waals surface area contributed by atoms with Crippen molar-refractivity contribution in [1.82, 2.24) is 5.48 Å². The Bertz CT molecular complexity index is 221. The number of rotatable bonds is 3. The van der Waals surface area contributed by atoms with Crippen LogP contribution in [0, 0.1) is 12.3 Å². The first-order chi connectivity index (χ1) is 6.24. The van der Waals surface area contributed by atoms with Crippen LogP contribution in [0.4, 0.5) is 0 Å². The molecule has 0 radical (unpaired) electrons. The number of ether oxygens (including phenoxy) is 1. The van der Waals surface area contributed by atoms with E-state index in [1.165, 1.54) is 0 Å². The molecule has 0 saturated carbocycles. The van der Waals surface area contributed by atoms with Gasteiger partial charge in [0, 0.05) is 0 Å². The van der Waals surface area contributed by atoms with E-state index in [-0.39, 0.29) is 24.7 Å². The van der Waals surface area contributed by atoms with Gasteiger partial charge >= 0.3 is 0 Å². The molecule has 1 rings (SSSR count). The van der Waals surface area contributed by atoms with Crippen molar-refractivity contribution in [2.75, 3.05) is 6.61 Å². The molecule has 4 heteroatoms. The molecule has 1 fully saturated rings. The fraction of sp³-hybridized carbons (Fsp3) is 0.667. The zero-order chi connectivity index (χ0) is 9.68. The van der Waals surface area contributed by atoms with Gasteiger partial charge in [-0.1, -0.05) is 5.92 Å². The van der Waals surface area contributed by atoms with Crippen LogP contribution in [-0.4, -0.2) is 24.7 Å². The molecule has 2 atom stereocenters. The monoisotopic (exact) mass is 183 g/mol. The lowest BCUT2D eigenvalue weighted by Crippen LogP contribution is -2.34. The number of hydrogen-bond acceptors (Lipinski definition) is 3. The van der Waals surface area contributed by atoms with E-state index in [4.69, 9.17) is 11.2 Å². The molecule has 1 aliphatic rings. The van der Waals surface area contributed by atoms with Crippen molar-refractivity contribution in [3.63, 3.8) is 0 Å². The number of terminal acetylenes is 1. The first kappa shape index (κ1) is 10.0. The standard InChI is InChI=1S/C9H13NO3/c1-3-6-12-10-9(11)8-5-4-7(2)13-8/h1,7-8H,4-6H2,2H3,(H,10,11). The molecule has 72 valence electrons. The van der Waals surface area contributed by atoms with E-state index < -0.39 is 0 Å². The summed E-state index contributed by atoms with van der Waals surface area (Å²) in [5, 5.41) is 0. The Morgan fingerprint density at radius 1 is 1.77 bits per heavy atom. The average Bonchev–Trinajstić information content (AvgIpc) is 2.52. The average molecular weight is 183 g/mol. The van der Waals surface area contributed by atoms with Gasteiger partial charge in [0.2, 0.25) is 0 Å². The topological polar surface area (TPSA) is 47.6 Å². The Hall–Kier alpha value is -1.05. The molecule has 13 heavy (non-hydrogen) atoms. The van der Waals surface area contributed by atoms with Gasteiger partial charge in [0.15, 0.2) is 0 Å². The van der Waals surface area contributed by atoms with E-state index >= 15 is 0 Å². The Labute approximate surface area is 77.5 Å². The normalized spacial score (nSPS) is 26.8. The van der Waals surface area contributed by atoms with Gasteiger partial charge in [-0.15, -0.1) is 6.42 Å². The lowest BCUT2D eigenvalue weighted by molar-refractivity contribution is -0.143. The van der Waals surface area contributed by atoms with Gasteiger partial charge in [-0.3, -0.25) is 9.63 Å². The van der Waals surface area contributed by atoms with Gasteiger partial charge in [-0.05, 0) is 19.8 Å². The number of carbonyl (C=O) groups excluding carboxylic acids is 1. The van der Waals surface area contributed by atoms with Gasteiger partial charge < -0.3 is 4.74 Å². The van der Waals surface area contributed by atoms with Crippen molar-refractivity contribution in [3.05, 3.63) is 0 Å². The lowest BCUT2D eigenvalue weighted by Gasteiger charge is -2.10. The first-order valence-electron chi connectivity index (χ1n) is 4.24. The molecule has 0 bridgehead atoms. The van der Waals surface area contributed by atoms with E-state index in [1.807, 2.05) is 6.92 Å². The van der Waals surface area contributed by atoms with E-state index in [0.29, 0.717) is 0 Å². The number of nitrogens with one attached hydrogen (secondary N) is 1. The van der Waals surface area contributed by atoms with Crippen molar-refractivity contribution in [2.24, 2.45) is 0 Å². The van der Waals surface area contributed by atoms with Crippen LogP contribution >= 0.6 is 0 Å². The highest BCUT2D eigenvalue weighted by Crippen LogP contribution is 2.18. The maximum absolute atomic E-state index is 11.2. The van der Waals surface area contributed by atoms with Gasteiger partial charge in [0.1, 0.15) is 12.7 Å². The predicted octanol–water partition coefficient (Wildman–Crippen LogP) is 0.235. The summed E-state index contributed by atoms with van der Waals surface area (Å²) in [4.78, 5) is 15.9. The molecule has 4 nitrogen and oxygen atoms in total. The highest BCUT2D eigenvalue weighted by molar-refractivity contribution is 5.79. The smallest absolute Gasteiger partial charge is 0.272 e. The van der Waals surface area contributed by atoms with Crippen LogP contribution in [0.2, 0.25) is 0 Å². The number of hydroxylamine groups is 1. The van der Waals surface area contributed by atoms with Crippen LogP contribution in [0.1, 0.15) is 19.8 Å². The predicted molar refractivity (Wildman–Crippen MR) is 46.5 cm³/mol. The molecule has 0 aromatic carbocycles. The highest BCUT2D eigenvalue weighted by Gasteiger charge is 2.28. The largest absolute Gasteiger partial charge is 0.365 e. The van der Waals surface area contributed by atoms with Crippen molar-refractivity contribution < 1.29 is 14.4 Å². The lowest BCUT2D eigenvalue weighted by atomic mass is 10.2. The summed E-state index contributed by atoms with van der Waals surface area (Å²) >= 11 is 0. The molecule has 1 N–H and O–H groups in total. The second-order valence-electron chi connectivity index (χ2n) is 2.97. The van der Waals surface area contributed by atoms with E-state index in [2.05, 4.69) is 16.2 Å². The molecule has 0 aromatic rings. The summed E-state index contributed by atoms with van der Waals surface area (Å²) in [7, 11) is 0. The van der Waals surface area contributed by atoms with Crippen LogP contribution in [0.3, 0.4) is 0 Å². The van der Waals surface area contributed by atoms with E-state index in [1.54, 1.807) is 0 Å². The second kappa shape index (κ2) is 4.85. The molecular formula is C9H13NO3. The minimum Gasteiger partial charge on any atom is -0.365 e. The minimum atomic E-state index is -0.382. The summed E-state index contributed by atoms with van der Waals surface area (Å²) in [5.41, 5.74) is 2.24. The molecule has 1 saturated heterocycles. The molecule has 0 aromatic heterocycles. The van der Waals surface area contributed by atoms with Gasteiger partial charge in [-0.25, -0.2) is 5.48 Å². The van der Waals surface area contributed by atoms with Crippen molar-refractivity contribution in [2.45, 2.75) is 32.0 Å². The van der Waals surface area contributed by atoms with Crippen LogP contribution < -0.4 is 5.48 Å². The summed E-state index contributed by atoms with van der Waals surface area (Å²) in [6, 6.07) is 0. The third kappa shape index (κ3) is 3.05. The van der Waals surface area contributed by atoms with Crippen molar-refractivity contribution in [1.29, 1.82) is 0 Å². The van der Waals surface area contributed by atoms with Gasteiger partial charge in [-0.2, -0.15) is 0 Å². The number of amides is 1. The molecule has 1 aliphatic heterocycles. The van der Waals surface area contributed by atoms with Crippen molar-refractivity contribution >= 4 is 5.91 Å². The Morgan fingerprint density at radius 2 is 2.54 bits per heavy atom. The van der Waals surface area contributed by atoms with Crippen LogP contribution in [0.25, 0.3) is 0 Å². The van der Waals surface area contributed by atoms with Gasteiger partial charge in [0.25, 0.3) is 5.91 Å². The minimum absolute atomic E-state index is 0.0774. The first-order valence-corrected chi connectivity index (χ1v) is 4.24. The molecule has 0 spiro atoms. The quantitative estimate of drug-likeness (QED) is 0.387. The maximum atomic E-state index is 11.2. The SMILES string of the molecule is C#CCONC(=O)C1CCC(C)O1. The Balaban J connectivity index is 2.21. The molecule has 0 aliphatic carbocycles. The highest BCUT2D eigenvalue weighted by atomic mass is 16.7.